The highest BCUT2D eigenvalue weighted by Crippen LogP contribution is 2.11. The Bertz CT molecular complexity index is 501. The van der Waals surface area contributed by atoms with Crippen LogP contribution in [0.1, 0.15) is 12.8 Å². The minimum absolute atomic E-state index is 0.143. The highest BCUT2D eigenvalue weighted by atomic mass is 16.2. The van der Waals surface area contributed by atoms with Crippen LogP contribution in [0.3, 0.4) is 0 Å². The highest BCUT2D eigenvalue weighted by molar-refractivity contribution is 6.01. The predicted octanol–water partition coefficient (Wildman–Crippen LogP) is -0.582. The molecule has 8 nitrogen and oxygen atoms in total. The topological polar surface area (TPSA) is 116 Å². The number of rotatable bonds is 2. The number of urea groups is 1. The van der Waals surface area contributed by atoms with E-state index in [1.807, 2.05) is 0 Å². The first-order valence-corrected chi connectivity index (χ1v) is 6.03. The van der Waals surface area contributed by atoms with Crippen molar-refractivity contribution in [3.63, 3.8) is 0 Å². The molecule has 1 aliphatic rings. The Labute approximate surface area is 109 Å². The van der Waals surface area contributed by atoms with Gasteiger partial charge in [-0.1, -0.05) is 0 Å². The van der Waals surface area contributed by atoms with E-state index in [-0.39, 0.29) is 23.2 Å². The SMILES string of the molecule is O=C(NC(=O)C1CCNCC1)Nc1ccc(=O)[nH]n1. The first-order chi connectivity index (χ1) is 9.15. The Morgan fingerprint density at radius 2 is 2.00 bits per heavy atom. The van der Waals surface area contributed by atoms with Gasteiger partial charge in [-0.15, -0.1) is 0 Å². The van der Waals surface area contributed by atoms with Gasteiger partial charge in [0.1, 0.15) is 0 Å². The zero-order chi connectivity index (χ0) is 13.7. The number of hydrogen-bond acceptors (Lipinski definition) is 5. The molecule has 0 aliphatic carbocycles. The molecular formula is C11H15N5O3. The Morgan fingerprint density at radius 3 is 2.63 bits per heavy atom. The average Bonchev–Trinajstić information content (AvgIpc) is 2.42. The third kappa shape index (κ3) is 3.88. The number of nitrogens with zero attached hydrogens (tertiary/aromatic N) is 1. The molecule has 3 amide bonds. The molecule has 1 aromatic heterocycles. The maximum absolute atomic E-state index is 11.8. The van der Waals surface area contributed by atoms with Gasteiger partial charge in [0.05, 0.1) is 0 Å². The normalized spacial score (nSPS) is 15.8. The van der Waals surface area contributed by atoms with Crippen LogP contribution in [-0.2, 0) is 4.79 Å². The van der Waals surface area contributed by atoms with Gasteiger partial charge >= 0.3 is 6.03 Å². The van der Waals surface area contributed by atoms with E-state index in [0.717, 1.165) is 25.9 Å². The number of carbonyl (C=O) groups is 2. The first kappa shape index (κ1) is 13.2. The van der Waals surface area contributed by atoms with Crippen molar-refractivity contribution >= 4 is 17.8 Å². The number of imide groups is 1. The Morgan fingerprint density at radius 1 is 1.26 bits per heavy atom. The molecule has 0 aromatic carbocycles. The van der Waals surface area contributed by atoms with Crippen LogP contribution in [0.15, 0.2) is 16.9 Å². The second-order valence-electron chi connectivity index (χ2n) is 4.27. The number of nitrogens with one attached hydrogen (secondary N) is 4. The van der Waals surface area contributed by atoms with Gasteiger partial charge in [0.2, 0.25) is 5.91 Å². The van der Waals surface area contributed by atoms with Crippen molar-refractivity contribution < 1.29 is 9.59 Å². The van der Waals surface area contributed by atoms with Crippen LogP contribution >= 0.6 is 0 Å². The van der Waals surface area contributed by atoms with Gasteiger partial charge in [-0.25, -0.2) is 9.89 Å². The summed E-state index contributed by atoms with van der Waals surface area (Å²) in [5.41, 5.74) is -0.364. The molecule has 0 bridgehead atoms. The lowest BCUT2D eigenvalue weighted by Gasteiger charge is -2.21. The molecule has 2 heterocycles. The number of carbonyl (C=O) groups excluding carboxylic acids is 2. The Hall–Kier alpha value is -2.22. The van der Waals surface area contributed by atoms with Crippen molar-refractivity contribution in [1.82, 2.24) is 20.8 Å². The molecule has 0 unspecified atom stereocenters. The van der Waals surface area contributed by atoms with E-state index >= 15 is 0 Å². The molecule has 0 saturated carbocycles. The second-order valence-corrected chi connectivity index (χ2v) is 4.27. The summed E-state index contributed by atoms with van der Waals surface area (Å²) in [5.74, 6) is -0.255. The van der Waals surface area contributed by atoms with Gasteiger partial charge in [-0.05, 0) is 32.0 Å². The molecule has 102 valence electrons. The van der Waals surface area contributed by atoms with Crippen LogP contribution in [-0.4, -0.2) is 35.2 Å². The van der Waals surface area contributed by atoms with Crippen molar-refractivity contribution in [2.45, 2.75) is 12.8 Å². The average molecular weight is 265 g/mol. The lowest BCUT2D eigenvalue weighted by atomic mass is 9.97. The van der Waals surface area contributed by atoms with Gasteiger partial charge in [-0.2, -0.15) is 5.10 Å². The number of aromatic amines is 1. The van der Waals surface area contributed by atoms with E-state index < -0.39 is 6.03 Å². The lowest BCUT2D eigenvalue weighted by Crippen LogP contribution is -2.42. The van der Waals surface area contributed by atoms with E-state index in [1.54, 1.807) is 0 Å². The smallest absolute Gasteiger partial charge is 0.317 e. The molecule has 0 atom stereocenters. The van der Waals surface area contributed by atoms with E-state index in [0.29, 0.717) is 0 Å². The molecule has 4 N–H and O–H groups in total. The van der Waals surface area contributed by atoms with Crippen LogP contribution in [0, 0.1) is 5.92 Å². The van der Waals surface area contributed by atoms with Crippen LogP contribution in [0.25, 0.3) is 0 Å². The molecule has 1 aromatic rings. The molecule has 1 saturated heterocycles. The third-order valence-electron chi connectivity index (χ3n) is 2.87. The predicted molar refractivity (Wildman–Crippen MR) is 67.6 cm³/mol. The fourth-order valence-corrected chi connectivity index (χ4v) is 1.86. The van der Waals surface area contributed by atoms with Crippen molar-refractivity contribution in [2.75, 3.05) is 18.4 Å². The summed E-state index contributed by atoms with van der Waals surface area (Å²) in [4.78, 5) is 34.1. The number of piperidine rings is 1. The zero-order valence-corrected chi connectivity index (χ0v) is 10.2. The van der Waals surface area contributed by atoms with Crippen LogP contribution in [0.4, 0.5) is 10.6 Å². The summed E-state index contributed by atoms with van der Waals surface area (Å²) in [5, 5.41) is 13.6. The lowest BCUT2D eigenvalue weighted by molar-refractivity contribution is -0.124. The van der Waals surface area contributed by atoms with Gasteiger partial charge in [0.25, 0.3) is 5.56 Å². The summed E-state index contributed by atoms with van der Waals surface area (Å²) in [6.07, 6.45) is 1.44. The first-order valence-electron chi connectivity index (χ1n) is 6.03. The van der Waals surface area contributed by atoms with Crippen LogP contribution in [0.2, 0.25) is 0 Å². The summed E-state index contributed by atoms with van der Waals surface area (Å²) in [6, 6.07) is 1.94. The monoisotopic (exact) mass is 265 g/mol. The second kappa shape index (κ2) is 6.10. The number of anilines is 1. The van der Waals surface area contributed by atoms with Crippen LogP contribution in [0.5, 0.6) is 0 Å². The molecule has 19 heavy (non-hydrogen) atoms. The van der Waals surface area contributed by atoms with Gasteiger partial charge in [0.15, 0.2) is 5.82 Å². The Kier molecular flexibility index (Phi) is 4.24. The highest BCUT2D eigenvalue weighted by Gasteiger charge is 2.22. The summed E-state index contributed by atoms with van der Waals surface area (Å²) in [7, 11) is 0. The fraction of sp³-hybridized carbons (Fsp3) is 0.455. The molecule has 8 heteroatoms. The minimum atomic E-state index is -0.650. The number of H-pyrrole nitrogens is 1. The van der Waals surface area contributed by atoms with Gasteiger partial charge in [0, 0.05) is 12.0 Å². The molecule has 0 radical (unpaired) electrons. The van der Waals surface area contributed by atoms with Crippen LogP contribution < -0.4 is 21.5 Å². The largest absolute Gasteiger partial charge is 0.327 e. The maximum atomic E-state index is 11.8. The van der Waals surface area contributed by atoms with E-state index in [1.165, 1.54) is 12.1 Å². The van der Waals surface area contributed by atoms with Crippen molar-refractivity contribution in [1.29, 1.82) is 0 Å². The van der Waals surface area contributed by atoms with Gasteiger partial charge in [-0.3, -0.25) is 20.2 Å². The van der Waals surface area contributed by atoms with Crippen molar-refractivity contribution in [3.05, 3.63) is 22.5 Å². The van der Waals surface area contributed by atoms with E-state index in [2.05, 4.69) is 26.1 Å². The summed E-state index contributed by atoms with van der Waals surface area (Å²) >= 11 is 0. The summed E-state index contributed by atoms with van der Waals surface area (Å²) < 4.78 is 0. The molecule has 0 spiro atoms. The number of aromatic nitrogens is 2. The Balaban J connectivity index is 1.85. The van der Waals surface area contributed by atoms with E-state index in [4.69, 9.17) is 0 Å². The summed E-state index contributed by atoms with van der Waals surface area (Å²) in [6.45, 7) is 1.56. The van der Waals surface area contributed by atoms with Crippen molar-refractivity contribution in [2.24, 2.45) is 5.92 Å². The van der Waals surface area contributed by atoms with Gasteiger partial charge < -0.3 is 5.32 Å². The fourth-order valence-electron chi connectivity index (χ4n) is 1.86. The molecule has 2 rings (SSSR count). The molecule has 1 fully saturated rings. The maximum Gasteiger partial charge on any atom is 0.327 e. The molecule has 1 aliphatic heterocycles. The standard InChI is InChI=1S/C11H15N5O3/c17-9-2-1-8(15-16-9)13-11(19)14-10(18)7-3-5-12-6-4-7/h1-2,7,12H,3-6H2,(H,16,17)(H2,13,14,15,18,19). The quantitative estimate of drug-likeness (QED) is 0.571. The van der Waals surface area contributed by atoms with E-state index in [9.17, 15) is 14.4 Å². The number of hydrogen-bond donors (Lipinski definition) is 4. The third-order valence-corrected chi connectivity index (χ3v) is 2.87. The van der Waals surface area contributed by atoms with Crippen molar-refractivity contribution in [3.8, 4) is 0 Å². The number of amides is 3. The minimum Gasteiger partial charge on any atom is -0.317 e. The molecular weight excluding hydrogens is 250 g/mol. The zero-order valence-electron chi connectivity index (χ0n) is 10.2.